The molecule has 0 bridgehead atoms. The molecule has 0 radical (unpaired) electrons. The van der Waals surface area contributed by atoms with Crippen LogP contribution in [0.3, 0.4) is 0 Å². The number of carboxylic acids is 1. The van der Waals surface area contributed by atoms with Gasteiger partial charge in [-0.05, 0) is 47.1 Å². The number of carbonyl (C=O) groups is 2. The molecule has 2 N–H and O–H groups in total. The normalized spacial score (nSPS) is 14.9. The zero-order chi connectivity index (χ0) is 28.8. The Morgan fingerprint density at radius 2 is 1.82 bits per heavy atom. The molecule has 2 heterocycles. The van der Waals surface area contributed by atoms with Gasteiger partial charge in [0, 0.05) is 25.6 Å². The maximum absolute atomic E-state index is 15.3. The summed E-state index contributed by atoms with van der Waals surface area (Å²) in [4.78, 5) is 39.2. The van der Waals surface area contributed by atoms with Crippen molar-refractivity contribution >= 4 is 40.1 Å². The van der Waals surface area contributed by atoms with E-state index in [-0.39, 0.29) is 48.5 Å². The SMILES string of the molecule is CCc1cc(Cc2cc(N3CCCC3=O)c(F)c(Cl)c2F)c2c(=O)c(C(=O)O)cn(C(CO)C(C)(C)C)c2c1. The van der Waals surface area contributed by atoms with Gasteiger partial charge in [-0.15, -0.1) is 0 Å². The fourth-order valence-electron chi connectivity index (χ4n) is 5.23. The molecule has 1 aromatic heterocycles. The van der Waals surface area contributed by atoms with Crippen LogP contribution in [0.5, 0.6) is 0 Å². The van der Waals surface area contributed by atoms with E-state index in [2.05, 4.69) is 0 Å². The van der Waals surface area contributed by atoms with Gasteiger partial charge in [0.05, 0.1) is 29.2 Å². The summed E-state index contributed by atoms with van der Waals surface area (Å²) in [5, 5.41) is 19.4. The van der Waals surface area contributed by atoms with Crippen LogP contribution in [-0.4, -0.2) is 39.8 Å². The highest BCUT2D eigenvalue weighted by Gasteiger charge is 2.31. The number of carbonyl (C=O) groups excluding carboxylic acids is 1. The van der Waals surface area contributed by atoms with Crippen molar-refractivity contribution in [1.29, 1.82) is 0 Å². The average molecular weight is 561 g/mol. The van der Waals surface area contributed by atoms with Crippen LogP contribution < -0.4 is 10.3 Å². The summed E-state index contributed by atoms with van der Waals surface area (Å²) in [5.41, 5.74) is -0.393. The van der Waals surface area contributed by atoms with Crippen LogP contribution in [0.25, 0.3) is 10.9 Å². The molecule has 1 aliphatic heterocycles. The third kappa shape index (κ3) is 5.17. The molecule has 1 fully saturated rings. The number of anilines is 1. The summed E-state index contributed by atoms with van der Waals surface area (Å²) in [6.45, 7) is 7.52. The van der Waals surface area contributed by atoms with Crippen LogP contribution in [0, 0.1) is 17.0 Å². The smallest absolute Gasteiger partial charge is 0.341 e. The Labute approximate surface area is 229 Å². The fraction of sp³-hybridized carbons (Fsp3) is 0.414. The molecule has 208 valence electrons. The van der Waals surface area contributed by atoms with Gasteiger partial charge in [0.2, 0.25) is 11.3 Å². The third-order valence-corrected chi connectivity index (χ3v) is 7.70. The molecular weight excluding hydrogens is 530 g/mol. The van der Waals surface area contributed by atoms with E-state index in [1.165, 1.54) is 17.2 Å². The molecule has 0 aliphatic carbocycles. The van der Waals surface area contributed by atoms with Gasteiger partial charge in [-0.2, -0.15) is 0 Å². The van der Waals surface area contributed by atoms with Gasteiger partial charge in [0.1, 0.15) is 16.4 Å². The molecule has 4 rings (SSSR count). The minimum atomic E-state index is -1.43. The minimum Gasteiger partial charge on any atom is -0.477 e. The van der Waals surface area contributed by atoms with E-state index in [1.54, 1.807) is 16.7 Å². The monoisotopic (exact) mass is 560 g/mol. The van der Waals surface area contributed by atoms with Gasteiger partial charge in [0.25, 0.3) is 0 Å². The number of halogens is 3. The summed E-state index contributed by atoms with van der Waals surface area (Å²) < 4.78 is 31.9. The van der Waals surface area contributed by atoms with Crippen LogP contribution in [-0.2, 0) is 17.6 Å². The Bertz CT molecular complexity index is 1540. The Hall–Kier alpha value is -3.30. The predicted molar refractivity (Wildman–Crippen MR) is 146 cm³/mol. The molecular formula is C29H31ClF2N2O5. The molecule has 0 saturated carbocycles. The number of aliphatic hydroxyl groups is 1. The standard InChI is InChI=1S/C29H31ClF2N2O5/c1-5-15-9-16(11-17-12-20(26(32)24(30)25(17)31)33-8-6-7-22(33)36)23-19(10-15)34(21(14-35)29(2,3)4)13-18(27(23)37)28(38)39/h9-10,12-13,21,35H,5-8,11,14H2,1-4H3,(H,38,39). The highest BCUT2D eigenvalue weighted by Crippen LogP contribution is 2.37. The van der Waals surface area contributed by atoms with Crippen molar-refractivity contribution in [3.63, 3.8) is 0 Å². The minimum absolute atomic E-state index is 0.0353. The summed E-state index contributed by atoms with van der Waals surface area (Å²) in [6.07, 6.45) is 2.36. The second-order valence-corrected chi connectivity index (χ2v) is 11.4. The van der Waals surface area contributed by atoms with Gasteiger partial charge in [0.15, 0.2) is 5.82 Å². The molecule has 1 unspecified atom stereocenters. The lowest BCUT2D eigenvalue weighted by Gasteiger charge is -2.33. The molecule has 10 heteroatoms. The second kappa shape index (κ2) is 10.7. The topological polar surface area (TPSA) is 99.8 Å². The van der Waals surface area contributed by atoms with Gasteiger partial charge >= 0.3 is 5.97 Å². The number of benzene rings is 2. The van der Waals surface area contributed by atoms with Crippen molar-refractivity contribution in [3.05, 3.63) is 73.5 Å². The first kappa shape index (κ1) is 28.7. The van der Waals surface area contributed by atoms with E-state index in [4.69, 9.17) is 11.6 Å². The Morgan fingerprint density at radius 1 is 1.13 bits per heavy atom. The number of fused-ring (bicyclic) bond motifs is 1. The van der Waals surface area contributed by atoms with E-state index in [1.807, 2.05) is 27.7 Å². The summed E-state index contributed by atoms with van der Waals surface area (Å²) in [7, 11) is 0. The lowest BCUT2D eigenvalue weighted by molar-refractivity contribution is -0.117. The van der Waals surface area contributed by atoms with E-state index in [0.29, 0.717) is 23.9 Å². The van der Waals surface area contributed by atoms with Gasteiger partial charge < -0.3 is 19.7 Å². The van der Waals surface area contributed by atoms with E-state index >= 15 is 4.39 Å². The lowest BCUT2D eigenvalue weighted by atomic mass is 9.86. The number of nitrogens with zero attached hydrogens (tertiary/aromatic N) is 2. The first-order chi connectivity index (χ1) is 18.3. The molecule has 0 spiro atoms. The van der Waals surface area contributed by atoms with E-state index in [9.17, 15) is 29.0 Å². The maximum Gasteiger partial charge on any atom is 0.341 e. The first-order valence-electron chi connectivity index (χ1n) is 12.8. The second-order valence-electron chi connectivity index (χ2n) is 11.0. The van der Waals surface area contributed by atoms with Crippen molar-refractivity contribution in [2.24, 2.45) is 5.41 Å². The quantitative estimate of drug-likeness (QED) is 0.372. The number of hydrogen-bond acceptors (Lipinski definition) is 4. The molecule has 1 amide bonds. The van der Waals surface area contributed by atoms with Gasteiger partial charge in [-0.1, -0.05) is 45.4 Å². The Balaban J connectivity index is 2.03. The first-order valence-corrected chi connectivity index (χ1v) is 13.2. The van der Waals surface area contributed by atoms with Crippen LogP contribution in [0.4, 0.5) is 14.5 Å². The van der Waals surface area contributed by atoms with Crippen LogP contribution in [0.15, 0.2) is 29.2 Å². The molecule has 3 aromatic rings. The number of pyridine rings is 1. The molecule has 39 heavy (non-hydrogen) atoms. The summed E-state index contributed by atoms with van der Waals surface area (Å²) >= 11 is 6.03. The molecule has 1 atom stereocenters. The van der Waals surface area contributed by atoms with Crippen molar-refractivity contribution in [2.75, 3.05) is 18.1 Å². The van der Waals surface area contributed by atoms with Gasteiger partial charge in [-0.25, -0.2) is 13.6 Å². The number of amides is 1. The predicted octanol–water partition coefficient (Wildman–Crippen LogP) is 5.49. The van der Waals surface area contributed by atoms with Crippen LogP contribution >= 0.6 is 11.6 Å². The zero-order valence-corrected chi connectivity index (χ0v) is 23.0. The number of aliphatic hydroxyl groups excluding tert-OH is 1. The molecule has 1 saturated heterocycles. The summed E-state index contributed by atoms with van der Waals surface area (Å²) in [5.74, 6) is -3.78. The number of hydrogen-bond donors (Lipinski definition) is 2. The van der Waals surface area contributed by atoms with E-state index in [0.717, 1.165) is 5.56 Å². The zero-order valence-electron chi connectivity index (χ0n) is 22.3. The summed E-state index contributed by atoms with van der Waals surface area (Å²) in [6, 6.07) is 4.11. The van der Waals surface area contributed by atoms with Crippen molar-refractivity contribution in [1.82, 2.24) is 4.57 Å². The molecule has 7 nitrogen and oxygen atoms in total. The van der Waals surface area contributed by atoms with Crippen molar-refractivity contribution < 1.29 is 28.6 Å². The van der Waals surface area contributed by atoms with Crippen LogP contribution in [0.1, 0.15) is 73.6 Å². The van der Waals surface area contributed by atoms with Gasteiger partial charge in [-0.3, -0.25) is 9.59 Å². The number of carboxylic acid groups (broad SMARTS) is 1. The Morgan fingerprint density at radius 3 is 2.36 bits per heavy atom. The largest absolute Gasteiger partial charge is 0.477 e. The van der Waals surface area contributed by atoms with Crippen LogP contribution in [0.2, 0.25) is 5.02 Å². The number of rotatable bonds is 7. The number of aromatic nitrogens is 1. The highest BCUT2D eigenvalue weighted by molar-refractivity contribution is 6.31. The van der Waals surface area contributed by atoms with E-state index < -0.39 is 45.1 Å². The average Bonchev–Trinajstić information content (AvgIpc) is 3.30. The highest BCUT2D eigenvalue weighted by atomic mass is 35.5. The number of aryl methyl sites for hydroxylation is 1. The lowest BCUT2D eigenvalue weighted by Crippen LogP contribution is -2.31. The fourth-order valence-corrected chi connectivity index (χ4v) is 5.44. The number of aromatic carboxylic acids is 1. The van der Waals surface area contributed by atoms with Crippen molar-refractivity contribution in [3.8, 4) is 0 Å². The Kier molecular flexibility index (Phi) is 7.87. The van der Waals surface area contributed by atoms with Crippen molar-refractivity contribution in [2.45, 2.75) is 59.4 Å². The molecule has 1 aliphatic rings. The third-order valence-electron chi connectivity index (χ3n) is 7.37. The maximum atomic E-state index is 15.3. The molecule has 2 aromatic carbocycles.